The minimum Gasteiger partial charge on any atom is -0.345 e. The fourth-order valence-electron chi connectivity index (χ4n) is 4.30. The topological polar surface area (TPSA) is 52.9 Å². The van der Waals surface area contributed by atoms with Crippen molar-refractivity contribution in [3.05, 3.63) is 84.6 Å². The van der Waals surface area contributed by atoms with E-state index in [1.165, 1.54) is 37.7 Å². The summed E-state index contributed by atoms with van der Waals surface area (Å²) >= 11 is 0. The fourth-order valence-corrected chi connectivity index (χ4v) is 4.30. The molecular weight excluding hydrogens is 394 g/mol. The molecule has 0 radical (unpaired) electrons. The number of nitrogens with one attached hydrogen (secondary N) is 1. The van der Waals surface area contributed by atoms with Gasteiger partial charge in [0.25, 0.3) is 0 Å². The highest BCUT2D eigenvalue weighted by Crippen LogP contribution is 2.23. The maximum absolute atomic E-state index is 4.81. The molecule has 1 atom stereocenters. The van der Waals surface area contributed by atoms with E-state index in [-0.39, 0.29) is 6.04 Å². The SMILES string of the molecule is C=Cc1ccncc1CC(C)N1C=CC(C(/C=C\N=C)=NCNC2CCCCC2)=CC1=C. The molecule has 168 valence electrons. The molecule has 1 aliphatic heterocycles. The van der Waals surface area contributed by atoms with Gasteiger partial charge in [0, 0.05) is 48.1 Å². The van der Waals surface area contributed by atoms with E-state index in [9.17, 15) is 0 Å². The largest absolute Gasteiger partial charge is 0.345 e. The molecule has 0 bridgehead atoms. The minimum absolute atomic E-state index is 0.234. The Labute approximate surface area is 192 Å². The van der Waals surface area contributed by atoms with Crippen molar-refractivity contribution in [2.45, 2.75) is 57.5 Å². The van der Waals surface area contributed by atoms with E-state index in [1.54, 1.807) is 12.4 Å². The second-order valence-corrected chi connectivity index (χ2v) is 8.38. The molecule has 1 aromatic heterocycles. The van der Waals surface area contributed by atoms with Gasteiger partial charge < -0.3 is 4.90 Å². The van der Waals surface area contributed by atoms with Crippen LogP contribution in [0.1, 0.15) is 50.2 Å². The molecule has 1 aliphatic carbocycles. The van der Waals surface area contributed by atoms with Crippen molar-refractivity contribution in [2.75, 3.05) is 6.67 Å². The van der Waals surface area contributed by atoms with Crippen molar-refractivity contribution >= 4 is 18.5 Å². The van der Waals surface area contributed by atoms with E-state index in [0.29, 0.717) is 12.7 Å². The van der Waals surface area contributed by atoms with Gasteiger partial charge in [0.1, 0.15) is 0 Å². The molecular formula is C27H35N5. The van der Waals surface area contributed by atoms with Crippen LogP contribution >= 0.6 is 0 Å². The fraction of sp³-hybridized carbons (Fsp3) is 0.370. The Morgan fingerprint density at radius 2 is 2.16 bits per heavy atom. The molecule has 5 nitrogen and oxygen atoms in total. The lowest BCUT2D eigenvalue weighted by atomic mass is 9.96. The number of aliphatic imine (C=N–C) groups is 2. The summed E-state index contributed by atoms with van der Waals surface area (Å²) in [7, 11) is 0. The molecule has 1 saturated carbocycles. The number of rotatable bonds is 10. The zero-order valence-electron chi connectivity index (χ0n) is 19.2. The first kappa shape index (κ1) is 23.6. The molecule has 3 rings (SSSR count). The van der Waals surface area contributed by atoms with Gasteiger partial charge in [-0.05, 0) is 68.3 Å². The van der Waals surface area contributed by atoms with Gasteiger partial charge in [0.05, 0.1) is 12.4 Å². The molecule has 5 heteroatoms. The summed E-state index contributed by atoms with van der Waals surface area (Å²) in [6, 6.07) is 2.81. The molecule has 0 spiro atoms. The number of nitrogens with zero attached hydrogens (tertiary/aromatic N) is 4. The third kappa shape index (κ3) is 6.47. The van der Waals surface area contributed by atoms with E-state index in [4.69, 9.17) is 4.99 Å². The van der Waals surface area contributed by atoms with Gasteiger partial charge in [-0.25, -0.2) is 0 Å². The average molecular weight is 430 g/mol. The average Bonchev–Trinajstić information content (AvgIpc) is 2.82. The lowest BCUT2D eigenvalue weighted by Gasteiger charge is -2.31. The van der Waals surface area contributed by atoms with Crippen LogP contribution in [0.2, 0.25) is 0 Å². The predicted octanol–water partition coefficient (Wildman–Crippen LogP) is 5.46. The smallest absolute Gasteiger partial charge is 0.0894 e. The van der Waals surface area contributed by atoms with Crippen LogP contribution in [0.3, 0.4) is 0 Å². The number of hydrogen-bond acceptors (Lipinski definition) is 5. The molecule has 1 N–H and O–H groups in total. The Morgan fingerprint density at radius 3 is 2.88 bits per heavy atom. The quantitative estimate of drug-likeness (QED) is 0.503. The van der Waals surface area contributed by atoms with Crippen molar-refractivity contribution in [2.24, 2.45) is 9.98 Å². The van der Waals surface area contributed by atoms with Gasteiger partial charge in [-0.3, -0.25) is 20.3 Å². The summed E-state index contributed by atoms with van der Waals surface area (Å²) in [6.07, 6.45) is 22.8. The molecule has 32 heavy (non-hydrogen) atoms. The first-order valence-corrected chi connectivity index (χ1v) is 11.5. The molecule has 2 heterocycles. The summed E-state index contributed by atoms with van der Waals surface area (Å²) in [5, 5.41) is 3.58. The van der Waals surface area contributed by atoms with Crippen LogP contribution in [0.4, 0.5) is 0 Å². The van der Waals surface area contributed by atoms with Crippen LogP contribution in [-0.2, 0) is 6.42 Å². The van der Waals surface area contributed by atoms with E-state index < -0.39 is 0 Å². The zero-order chi connectivity index (χ0) is 22.8. The summed E-state index contributed by atoms with van der Waals surface area (Å²) in [5.74, 6) is 0. The highest BCUT2D eigenvalue weighted by atomic mass is 15.1. The van der Waals surface area contributed by atoms with Crippen LogP contribution in [-0.4, -0.2) is 41.1 Å². The number of allylic oxidation sites excluding steroid dienone is 4. The van der Waals surface area contributed by atoms with Gasteiger partial charge in [-0.15, -0.1) is 0 Å². The van der Waals surface area contributed by atoms with E-state index in [0.717, 1.165) is 29.0 Å². The van der Waals surface area contributed by atoms with E-state index in [2.05, 4.69) is 65.3 Å². The lowest BCUT2D eigenvalue weighted by molar-refractivity contribution is 0.366. The van der Waals surface area contributed by atoms with Gasteiger partial charge in [-0.2, -0.15) is 0 Å². The van der Waals surface area contributed by atoms with Gasteiger partial charge >= 0.3 is 0 Å². The van der Waals surface area contributed by atoms with Crippen molar-refractivity contribution in [3.8, 4) is 0 Å². The maximum atomic E-state index is 4.81. The van der Waals surface area contributed by atoms with Crippen LogP contribution in [0.5, 0.6) is 0 Å². The summed E-state index contributed by atoms with van der Waals surface area (Å²) < 4.78 is 0. The monoisotopic (exact) mass is 429 g/mol. The first-order valence-electron chi connectivity index (χ1n) is 11.5. The van der Waals surface area contributed by atoms with Gasteiger partial charge in [0.15, 0.2) is 0 Å². The van der Waals surface area contributed by atoms with Crippen LogP contribution in [0.25, 0.3) is 6.08 Å². The number of aromatic nitrogens is 1. The Bertz CT molecular complexity index is 931. The van der Waals surface area contributed by atoms with Crippen molar-refractivity contribution < 1.29 is 0 Å². The predicted molar refractivity (Wildman–Crippen MR) is 137 cm³/mol. The van der Waals surface area contributed by atoms with Gasteiger partial charge in [0.2, 0.25) is 0 Å². The van der Waals surface area contributed by atoms with Crippen LogP contribution in [0.15, 0.2) is 83.5 Å². The zero-order valence-corrected chi connectivity index (χ0v) is 19.2. The van der Waals surface area contributed by atoms with Crippen molar-refractivity contribution in [1.29, 1.82) is 0 Å². The molecule has 0 amide bonds. The molecule has 1 unspecified atom stereocenters. The van der Waals surface area contributed by atoms with E-state index >= 15 is 0 Å². The second-order valence-electron chi connectivity index (χ2n) is 8.38. The molecule has 0 aromatic carbocycles. The van der Waals surface area contributed by atoms with Crippen molar-refractivity contribution in [1.82, 2.24) is 15.2 Å². The Hall–Kier alpha value is -3.05. The van der Waals surface area contributed by atoms with Crippen LogP contribution < -0.4 is 5.32 Å². The Balaban J connectivity index is 1.67. The molecule has 1 fully saturated rings. The Morgan fingerprint density at radius 1 is 1.34 bits per heavy atom. The Kier molecular flexibility index (Phi) is 8.93. The highest BCUT2D eigenvalue weighted by molar-refractivity contribution is 6.10. The molecule has 0 saturated heterocycles. The number of pyridine rings is 1. The first-order chi connectivity index (χ1) is 15.6. The minimum atomic E-state index is 0.234. The third-order valence-electron chi connectivity index (χ3n) is 6.09. The van der Waals surface area contributed by atoms with Crippen molar-refractivity contribution in [3.63, 3.8) is 0 Å². The standard InChI is InChI=1S/C27H35N5/c1-5-23-11-15-29-19-25(23)18-22(3)32-16-13-24(17-21(32)2)27(12-14-28-4)31-20-30-26-9-7-6-8-10-26/h5,11-17,19,22,26,30H,1-2,4,6-10,18,20H2,3H3/b14-12-,31-27?. The number of hydrogen-bond donors (Lipinski definition) is 1. The van der Waals surface area contributed by atoms with Crippen LogP contribution in [0, 0.1) is 0 Å². The summed E-state index contributed by atoms with van der Waals surface area (Å²) in [6.45, 7) is 14.6. The second kappa shape index (κ2) is 12.1. The summed E-state index contributed by atoms with van der Waals surface area (Å²) in [4.78, 5) is 15.1. The maximum Gasteiger partial charge on any atom is 0.0894 e. The third-order valence-corrected chi connectivity index (χ3v) is 6.09. The molecule has 2 aliphatic rings. The summed E-state index contributed by atoms with van der Waals surface area (Å²) in [5.41, 5.74) is 5.15. The highest BCUT2D eigenvalue weighted by Gasteiger charge is 2.18. The molecule has 1 aromatic rings. The lowest BCUT2D eigenvalue weighted by Crippen LogP contribution is -2.32. The normalized spacial score (nSPS) is 18.7. The van der Waals surface area contributed by atoms with E-state index in [1.807, 2.05) is 24.4 Å². The van der Waals surface area contributed by atoms with Gasteiger partial charge in [-0.1, -0.05) is 38.5 Å².